The van der Waals surface area contributed by atoms with Crippen molar-refractivity contribution in [2.45, 2.75) is 64.6 Å². The molecule has 0 radical (unpaired) electrons. The van der Waals surface area contributed by atoms with E-state index in [9.17, 15) is 10.1 Å². The van der Waals surface area contributed by atoms with Gasteiger partial charge in [0.15, 0.2) is 0 Å². The lowest BCUT2D eigenvalue weighted by atomic mass is 9.69. The molecular weight excluding hydrogens is 298 g/mol. The number of hydrogen-bond donors (Lipinski definition) is 1. The summed E-state index contributed by atoms with van der Waals surface area (Å²) in [6.07, 6.45) is 6.23. The van der Waals surface area contributed by atoms with Gasteiger partial charge in [0.25, 0.3) is 0 Å². The highest BCUT2D eigenvalue weighted by molar-refractivity contribution is 5.86. The zero-order chi connectivity index (χ0) is 17.0. The minimum absolute atomic E-state index is 0.0996. The number of nitrogens with zero attached hydrogens (tertiary/aromatic N) is 2. The Kier molecular flexibility index (Phi) is 5.20. The van der Waals surface area contributed by atoms with Crippen LogP contribution in [0.3, 0.4) is 0 Å². The van der Waals surface area contributed by atoms with Gasteiger partial charge in [-0.25, -0.2) is 0 Å². The quantitative estimate of drug-likeness (QED) is 0.903. The molecule has 1 aromatic rings. The van der Waals surface area contributed by atoms with Crippen LogP contribution in [0.15, 0.2) is 24.3 Å². The zero-order valence-corrected chi connectivity index (χ0v) is 14.6. The summed E-state index contributed by atoms with van der Waals surface area (Å²) in [6.45, 7) is 4.91. The first kappa shape index (κ1) is 17.0. The number of carbonyl (C=O) groups excluding carboxylic acids is 1. The Morgan fingerprint density at radius 1 is 1.29 bits per heavy atom. The van der Waals surface area contributed by atoms with Crippen molar-refractivity contribution >= 4 is 5.91 Å². The number of rotatable bonds is 5. The normalized spacial score (nSPS) is 23.1. The summed E-state index contributed by atoms with van der Waals surface area (Å²) in [7, 11) is 0. The second-order valence-electron chi connectivity index (χ2n) is 7.31. The van der Waals surface area contributed by atoms with Gasteiger partial charge in [-0.05, 0) is 56.7 Å². The van der Waals surface area contributed by atoms with Gasteiger partial charge in [0.2, 0.25) is 5.91 Å². The number of benzene rings is 1. The third kappa shape index (κ3) is 3.47. The van der Waals surface area contributed by atoms with Gasteiger partial charge >= 0.3 is 0 Å². The molecule has 4 nitrogen and oxygen atoms in total. The Balaban J connectivity index is 1.64. The zero-order valence-electron chi connectivity index (χ0n) is 14.6. The highest BCUT2D eigenvalue weighted by Crippen LogP contribution is 2.40. The van der Waals surface area contributed by atoms with Crippen LogP contribution in [0.2, 0.25) is 0 Å². The molecule has 2 fully saturated rings. The lowest BCUT2D eigenvalue weighted by Gasteiger charge is -2.34. The Morgan fingerprint density at radius 2 is 2.04 bits per heavy atom. The molecule has 1 saturated carbocycles. The highest BCUT2D eigenvalue weighted by Gasteiger charge is 2.44. The smallest absolute Gasteiger partial charge is 0.240 e. The lowest BCUT2D eigenvalue weighted by molar-refractivity contribution is -0.131. The first-order valence-electron chi connectivity index (χ1n) is 9.15. The highest BCUT2D eigenvalue weighted by atomic mass is 16.2. The molecule has 1 saturated heterocycles. The van der Waals surface area contributed by atoms with Crippen molar-refractivity contribution in [1.29, 1.82) is 5.26 Å². The van der Waals surface area contributed by atoms with E-state index in [1.54, 1.807) is 0 Å². The fraction of sp³-hybridized carbons (Fsp3) is 0.600. The molecule has 1 aromatic carbocycles. The van der Waals surface area contributed by atoms with Crippen LogP contribution in [0.1, 0.15) is 56.6 Å². The monoisotopic (exact) mass is 325 g/mol. The second kappa shape index (κ2) is 7.36. The number of hydrogen-bond acceptors (Lipinski definition) is 3. The van der Waals surface area contributed by atoms with E-state index in [1.165, 1.54) is 24.8 Å². The number of amides is 1. The van der Waals surface area contributed by atoms with Crippen LogP contribution in [0, 0.1) is 16.7 Å². The molecule has 1 aliphatic carbocycles. The van der Waals surface area contributed by atoms with E-state index in [2.05, 4.69) is 41.4 Å². The summed E-state index contributed by atoms with van der Waals surface area (Å²) >= 11 is 0. The minimum Gasteiger partial charge on any atom is -0.351 e. The Hall–Kier alpha value is -1.86. The SMILES string of the molecule is CC1CCCCN1Cc1ccccc1CNC(=O)C1(C#N)CCC1. The fourth-order valence-electron chi connectivity index (χ4n) is 3.76. The molecule has 1 N–H and O–H groups in total. The maximum Gasteiger partial charge on any atom is 0.240 e. The molecular formula is C20H27N3O. The number of carbonyl (C=O) groups is 1. The van der Waals surface area contributed by atoms with Gasteiger partial charge in [-0.3, -0.25) is 9.69 Å². The van der Waals surface area contributed by atoms with Gasteiger partial charge in [-0.2, -0.15) is 5.26 Å². The minimum atomic E-state index is -0.768. The van der Waals surface area contributed by atoms with Crippen LogP contribution in [0.4, 0.5) is 0 Å². The van der Waals surface area contributed by atoms with E-state index in [0.29, 0.717) is 25.4 Å². The van der Waals surface area contributed by atoms with E-state index in [0.717, 1.165) is 25.1 Å². The molecule has 128 valence electrons. The maximum atomic E-state index is 12.4. The van der Waals surface area contributed by atoms with Crippen LogP contribution < -0.4 is 5.32 Å². The lowest BCUT2D eigenvalue weighted by Crippen LogP contribution is -2.44. The molecule has 3 rings (SSSR count). The first-order valence-corrected chi connectivity index (χ1v) is 9.15. The summed E-state index contributed by atoms with van der Waals surface area (Å²) < 4.78 is 0. The van der Waals surface area contributed by atoms with Crippen molar-refractivity contribution in [2.24, 2.45) is 5.41 Å². The Labute approximate surface area is 144 Å². The van der Waals surface area contributed by atoms with E-state index >= 15 is 0 Å². The first-order chi connectivity index (χ1) is 11.6. The molecule has 2 aliphatic rings. The molecule has 1 unspecified atom stereocenters. The largest absolute Gasteiger partial charge is 0.351 e. The van der Waals surface area contributed by atoms with Crippen LogP contribution in [-0.2, 0) is 17.9 Å². The third-order valence-corrected chi connectivity index (χ3v) is 5.73. The molecule has 4 heteroatoms. The van der Waals surface area contributed by atoms with E-state index < -0.39 is 5.41 Å². The van der Waals surface area contributed by atoms with Crippen LogP contribution in [0.5, 0.6) is 0 Å². The van der Waals surface area contributed by atoms with Crippen molar-refractivity contribution in [1.82, 2.24) is 10.2 Å². The van der Waals surface area contributed by atoms with Crippen LogP contribution in [-0.4, -0.2) is 23.4 Å². The van der Waals surface area contributed by atoms with Crippen molar-refractivity contribution < 1.29 is 4.79 Å². The molecule has 1 amide bonds. The van der Waals surface area contributed by atoms with Crippen LogP contribution >= 0.6 is 0 Å². The number of likely N-dealkylation sites (tertiary alicyclic amines) is 1. The molecule has 1 aliphatic heterocycles. The number of nitrogens with one attached hydrogen (secondary N) is 1. The van der Waals surface area contributed by atoms with Gasteiger partial charge in [-0.15, -0.1) is 0 Å². The average molecular weight is 325 g/mol. The Bertz CT molecular complexity index is 630. The van der Waals surface area contributed by atoms with Gasteiger partial charge in [-0.1, -0.05) is 30.7 Å². The molecule has 1 heterocycles. The number of nitriles is 1. The summed E-state index contributed by atoms with van der Waals surface area (Å²) in [5.74, 6) is -0.0996. The summed E-state index contributed by atoms with van der Waals surface area (Å²) in [6, 6.07) is 11.2. The molecule has 0 spiro atoms. The maximum absolute atomic E-state index is 12.4. The summed E-state index contributed by atoms with van der Waals surface area (Å²) in [4.78, 5) is 14.9. The van der Waals surface area contributed by atoms with Crippen molar-refractivity contribution in [2.75, 3.05) is 6.54 Å². The predicted octanol–water partition coefficient (Wildman–Crippen LogP) is 3.37. The predicted molar refractivity (Wildman–Crippen MR) is 93.9 cm³/mol. The second-order valence-corrected chi connectivity index (χ2v) is 7.31. The molecule has 24 heavy (non-hydrogen) atoms. The van der Waals surface area contributed by atoms with E-state index in [-0.39, 0.29) is 5.91 Å². The average Bonchev–Trinajstić information content (AvgIpc) is 2.55. The van der Waals surface area contributed by atoms with Gasteiger partial charge in [0, 0.05) is 19.1 Å². The molecule has 0 bridgehead atoms. The fourth-order valence-corrected chi connectivity index (χ4v) is 3.76. The third-order valence-electron chi connectivity index (χ3n) is 5.73. The van der Waals surface area contributed by atoms with Crippen molar-refractivity contribution in [3.63, 3.8) is 0 Å². The van der Waals surface area contributed by atoms with Crippen molar-refractivity contribution in [3.8, 4) is 6.07 Å². The van der Waals surface area contributed by atoms with E-state index in [4.69, 9.17) is 0 Å². The standard InChI is InChI=1S/C20H27N3O/c1-16-7-4-5-12-23(16)14-18-9-3-2-8-17(18)13-22-19(24)20(15-21)10-6-11-20/h2-3,8-9,16H,4-7,10-14H2,1H3,(H,22,24). The van der Waals surface area contributed by atoms with Crippen LogP contribution in [0.25, 0.3) is 0 Å². The van der Waals surface area contributed by atoms with E-state index in [1.807, 2.05) is 6.07 Å². The molecule has 1 atom stereocenters. The topological polar surface area (TPSA) is 56.1 Å². The summed E-state index contributed by atoms with van der Waals surface area (Å²) in [5, 5.41) is 12.3. The van der Waals surface area contributed by atoms with Gasteiger partial charge in [0.1, 0.15) is 5.41 Å². The molecule has 0 aromatic heterocycles. The van der Waals surface area contributed by atoms with Crippen molar-refractivity contribution in [3.05, 3.63) is 35.4 Å². The summed E-state index contributed by atoms with van der Waals surface area (Å²) in [5.41, 5.74) is 1.68. The number of piperidine rings is 1. The Morgan fingerprint density at radius 3 is 2.67 bits per heavy atom. The van der Waals surface area contributed by atoms with Gasteiger partial charge < -0.3 is 5.32 Å². The van der Waals surface area contributed by atoms with Gasteiger partial charge in [0.05, 0.1) is 6.07 Å².